The third-order valence-corrected chi connectivity index (χ3v) is 15.6. The van der Waals surface area contributed by atoms with Gasteiger partial charge in [0.25, 0.3) is 0 Å². The minimum Gasteiger partial charge on any atom is -0.543 e. The van der Waals surface area contributed by atoms with E-state index in [-0.39, 0.29) is 5.04 Å². The smallest absolute Gasteiger partial charge is 0.250 e. The van der Waals surface area contributed by atoms with Gasteiger partial charge in [-0.25, -0.2) is 0 Å². The lowest BCUT2D eigenvalue weighted by atomic mass is 9.96. The molecule has 29 heavy (non-hydrogen) atoms. The fourth-order valence-electron chi connectivity index (χ4n) is 4.07. The molecule has 0 aliphatic carbocycles. The van der Waals surface area contributed by atoms with E-state index >= 15 is 0 Å². The van der Waals surface area contributed by atoms with E-state index in [1.165, 1.54) is 23.6 Å². The van der Waals surface area contributed by atoms with Crippen molar-refractivity contribution in [1.82, 2.24) is 0 Å². The van der Waals surface area contributed by atoms with E-state index < -0.39 is 16.4 Å². The summed E-state index contributed by atoms with van der Waals surface area (Å²) in [6, 6.07) is 16.9. The first-order valence-electron chi connectivity index (χ1n) is 10.9. The van der Waals surface area contributed by atoms with Crippen molar-refractivity contribution in [2.24, 2.45) is 0 Å². The van der Waals surface area contributed by atoms with Crippen LogP contribution in [-0.2, 0) is 12.8 Å². The number of aryl methyl sites for hydroxylation is 1. The van der Waals surface area contributed by atoms with Gasteiger partial charge in [-0.05, 0) is 77.5 Å². The minimum absolute atomic E-state index is 0.208. The number of hydrogen-bond acceptors (Lipinski definition) is 2. The molecule has 0 fully saturated rings. The van der Waals surface area contributed by atoms with Gasteiger partial charge in [0.05, 0.1) is 15.2 Å². The van der Waals surface area contributed by atoms with Crippen molar-refractivity contribution in [3.8, 4) is 11.5 Å². The largest absolute Gasteiger partial charge is 0.543 e. The number of fused-ring (bicyclic) bond motifs is 1. The fraction of sp³-hybridized carbons (Fsp3) is 0.520. The lowest BCUT2D eigenvalue weighted by molar-refractivity contribution is 0.414. The monoisotopic (exact) mass is 426 g/mol. The van der Waals surface area contributed by atoms with Crippen molar-refractivity contribution in [3.05, 3.63) is 59.2 Å². The first-order valence-corrected chi connectivity index (χ1v) is 17.1. The molecule has 0 aromatic heterocycles. The predicted molar refractivity (Wildman–Crippen MR) is 130 cm³/mol. The molecule has 0 saturated carbocycles. The van der Waals surface area contributed by atoms with Crippen molar-refractivity contribution < 1.29 is 9.16 Å². The highest BCUT2D eigenvalue weighted by atomic mass is 28.4. The maximum Gasteiger partial charge on any atom is 0.250 e. The normalized spacial score (nSPS) is 18.8. The second-order valence-electron chi connectivity index (χ2n) is 10.8. The van der Waals surface area contributed by atoms with Crippen molar-refractivity contribution >= 4 is 16.4 Å². The SMILES string of the molecule is COc1ccc(CC2c3cc(O[Si](C)(C)C(C)(C)C)ccc3CC[Si]2(C)C)cc1. The Morgan fingerprint density at radius 1 is 1.00 bits per heavy atom. The molecule has 2 aromatic rings. The van der Waals surface area contributed by atoms with E-state index in [1.54, 1.807) is 12.7 Å². The van der Waals surface area contributed by atoms with Crippen molar-refractivity contribution in [1.29, 1.82) is 0 Å². The number of methoxy groups -OCH3 is 1. The van der Waals surface area contributed by atoms with Crippen LogP contribution in [0.25, 0.3) is 0 Å². The van der Waals surface area contributed by atoms with Crippen molar-refractivity contribution in [2.75, 3.05) is 7.11 Å². The van der Waals surface area contributed by atoms with E-state index in [0.29, 0.717) is 5.54 Å². The molecule has 0 radical (unpaired) electrons. The third kappa shape index (κ3) is 4.80. The molecule has 1 unspecified atom stereocenters. The highest BCUT2D eigenvalue weighted by molar-refractivity contribution is 6.79. The third-order valence-electron chi connectivity index (χ3n) is 7.25. The summed E-state index contributed by atoms with van der Waals surface area (Å²) in [4.78, 5) is 0. The zero-order chi connectivity index (χ0) is 21.4. The van der Waals surface area contributed by atoms with Gasteiger partial charge in [0, 0.05) is 0 Å². The van der Waals surface area contributed by atoms with E-state index in [0.717, 1.165) is 17.9 Å². The minimum atomic E-state index is -1.84. The maximum atomic E-state index is 6.67. The Balaban J connectivity index is 1.93. The lowest BCUT2D eigenvalue weighted by Gasteiger charge is -2.40. The van der Waals surface area contributed by atoms with E-state index in [1.807, 2.05) is 0 Å². The van der Waals surface area contributed by atoms with E-state index in [9.17, 15) is 0 Å². The molecule has 0 N–H and O–H groups in total. The molecule has 3 rings (SSSR count). The molecular formula is C25H38O2Si2. The predicted octanol–water partition coefficient (Wildman–Crippen LogP) is 7.21. The van der Waals surface area contributed by atoms with Crippen LogP contribution in [0.2, 0.25) is 37.3 Å². The number of hydrogen-bond donors (Lipinski definition) is 0. The first-order chi connectivity index (χ1) is 13.4. The van der Waals surface area contributed by atoms with Gasteiger partial charge >= 0.3 is 0 Å². The average molecular weight is 427 g/mol. The first kappa shape index (κ1) is 22.2. The Hall–Kier alpha value is -1.53. The standard InChI is InChI=1S/C25H38O2Si2/c1-25(2,3)29(7,8)27-22-14-11-20-15-16-28(5,6)24(23(20)18-22)17-19-9-12-21(26-4)13-10-19/h9-14,18,24H,15-17H2,1-8H3. The maximum absolute atomic E-state index is 6.67. The Labute approximate surface area is 179 Å². The second-order valence-corrected chi connectivity index (χ2v) is 20.7. The summed E-state index contributed by atoms with van der Waals surface area (Å²) in [5, 5.41) is 0.208. The summed E-state index contributed by atoms with van der Waals surface area (Å²) in [7, 11) is -1.48. The van der Waals surface area contributed by atoms with Crippen LogP contribution in [0.15, 0.2) is 42.5 Å². The highest BCUT2D eigenvalue weighted by Gasteiger charge is 2.40. The lowest BCUT2D eigenvalue weighted by Crippen LogP contribution is -2.44. The van der Waals surface area contributed by atoms with E-state index in [2.05, 4.69) is 89.4 Å². The van der Waals surface area contributed by atoms with Crippen LogP contribution in [0.3, 0.4) is 0 Å². The molecule has 1 heterocycles. The average Bonchev–Trinajstić information content (AvgIpc) is 2.63. The highest BCUT2D eigenvalue weighted by Crippen LogP contribution is 2.43. The van der Waals surface area contributed by atoms with Gasteiger partial charge in [0.1, 0.15) is 11.5 Å². The van der Waals surface area contributed by atoms with Crippen LogP contribution in [0.1, 0.15) is 43.0 Å². The van der Waals surface area contributed by atoms with Gasteiger partial charge in [0.15, 0.2) is 0 Å². The molecule has 0 amide bonds. The topological polar surface area (TPSA) is 18.5 Å². The second kappa shape index (κ2) is 7.95. The summed E-state index contributed by atoms with van der Waals surface area (Å²) < 4.78 is 12.0. The van der Waals surface area contributed by atoms with Gasteiger partial charge in [-0.3, -0.25) is 0 Å². The van der Waals surface area contributed by atoms with Crippen LogP contribution in [0.5, 0.6) is 11.5 Å². The Morgan fingerprint density at radius 3 is 2.21 bits per heavy atom. The molecule has 1 aliphatic rings. The molecule has 4 heteroatoms. The van der Waals surface area contributed by atoms with Crippen LogP contribution >= 0.6 is 0 Å². The van der Waals surface area contributed by atoms with Gasteiger partial charge in [0.2, 0.25) is 8.32 Å². The molecule has 1 aliphatic heterocycles. The summed E-state index contributed by atoms with van der Waals surface area (Å²) >= 11 is 0. The summed E-state index contributed by atoms with van der Waals surface area (Å²) in [6.07, 6.45) is 2.33. The molecular weight excluding hydrogens is 388 g/mol. The Bertz CT molecular complexity index is 848. The zero-order valence-corrected chi connectivity index (χ0v) is 21.6. The molecule has 0 spiro atoms. The number of benzene rings is 2. The summed E-state index contributed by atoms with van der Waals surface area (Å²) in [5.41, 5.74) is 5.10. The van der Waals surface area contributed by atoms with Crippen LogP contribution in [-0.4, -0.2) is 23.5 Å². The van der Waals surface area contributed by atoms with Crippen LogP contribution < -0.4 is 9.16 Å². The van der Waals surface area contributed by atoms with Gasteiger partial charge < -0.3 is 9.16 Å². The van der Waals surface area contributed by atoms with Crippen LogP contribution in [0.4, 0.5) is 0 Å². The number of rotatable bonds is 5. The quantitative estimate of drug-likeness (QED) is 0.470. The Morgan fingerprint density at radius 2 is 1.62 bits per heavy atom. The Kier molecular flexibility index (Phi) is 6.08. The van der Waals surface area contributed by atoms with Gasteiger partial charge in [-0.15, -0.1) is 0 Å². The van der Waals surface area contributed by atoms with E-state index in [4.69, 9.17) is 9.16 Å². The van der Waals surface area contributed by atoms with Crippen molar-refractivity contribution in [2.45, 2.75) is 76.4 Å². The molecule has 2 aromatic carbocycles. The van der Waals surface area contributed by atoms with Crippen molar-refractivity contribution in [3.63, 3.8) is 0 Å². The zero-order valence-electron chi connectivity index (χ0n) is 19.6. The fourth-order valence-corrected chi connectivity index (χ4v) is 8.26. The molecule has 0 saturated heterocycles. The molecule has 0 bridgehead atoms. The number of ether oxygens (including phenoxy) is 1. The molecule has 2 nitrogen and oxygen atoms in total. The van der Waals surface area contributed by atoms with Crippen LogP contribution in [0, 0.1) is 0 Å². The summed E-state index contributed by atoms with van der Waals surface area (Å²) in [5.74, 6) is 2.00. The van der Waals surface area contributed by atoms with Gasteiger partial charge in [-0.2, -0.15) is 0 Å². The molecule has 1 atom stereocenters. The molecule has 158 valence electrons. The summed E-state index contributed by atoms with van der Waals surface area (Å²) in [6.45, 7) is 16.7. The van der Waals surface area contributed by atoms with Gasteiger partial charge in [-0.1, -0.05) is 58.1 Å².